The molecule has 10 heteroatoms. The van der Waals surface area contributed by atoms with Gasteiger partial charge in [0.05, 0.1) is 23.2 Å². The first kappa shape index (κ1) is 18.2. The van der Waals surface area contributed by atoms with Crippen LogP contribution in [0, 0.1) is 0 Å². The van der Waals surface area contributed by atoms with Crippen LogP contribution in [0.3, 0.4) is 0 Å². The SMILES string of the molecule is CO[C@H](C)C(=O)Nc1cc(C(F)(F)F)ccc1NS(C)(=O)=O. The smallest absolute Gasteiger partial charge is 0.372 e. The maximum Gasteiger partial charge on any atom is 0.416 e. The number of carbonyl (C=O) groups is 1. The lowest BCUT2D eigenvalue weighted by molar-refractivity contribution is -0.137. The summed E-state index contributed by atoms with van der Waals surface area (Å²) in [5.74, 6) is -0.710. The van der Waals surface area contributed by atoms with Crippen LogP contribution in [0.1, 0.15) is 12.5 Å². The number of sulfonamides is 1. The van der Waals surface area contributed by atoms with E-state index in [1.54, 1.807) is 0 Å². The summed E-state index contributed by atoms with van der Waals surface area (Å²) < 4.78 is 67.4. The number of amides is 1. The summed E-state index contributed by atoms with van der Waals surface area (Å²) in [7, 11) is -2.47. The molecular formula is C12H15F3N2O4S. The third-order valence-electron chi connectivity index (χ3n) is 2.62. The molecule has 1 atom stereocenters. The van der Waals surface area contributed by atoms with Crippen molar-refractivity contribution >= 4 is 27.3 Å². The van der Waals surface area contributed by atoms with Crippen molar-refractivity contribution in [3.8, 4) is 0 Å². The average molecular weight is 340 g/mol. The first-order chi connectivity index (χ1) is 9.94. The Bertz CT molecular complexity index is 659. The number of methoxy groups -OCH3 is 1. The molecule has 0 bridgehead atoms. The van der Waals surface area contributed by atoms with Crippen LogP contribution >= 0.6 is 0 Å². The van der Waals surface area contributed by atoms with Crippen molar-refractivity contribution in [2.24, 2.45) is 0 Å². The Hall–Kier alpha value is -1.81. The van der Waals surface area contributed by atoms with E-state index in [4.69, 9.17) is 4.74 Å². The fourth-order valence-electron chi connectivity index (χ4n) is 1.45. The summed E-state index contributed by atoms with van der Waals surface area (Å²) in [6, 6.07) is 2.29. The number of alkyl halides is 3. The van der Waals surface area contributed by atoms with Crippen LogP contribution < -0.4 is 10.0 Å². The van der Waals surface area contributed by atoms with Crippen molar-refractivity contribution in [1.29, 1.82) is 0 Å². The van der Waals surface area contributed by atoms with Gasteiger partial charge in [-0.15, -0.1) is 0 Å². The Labute approximate surface area is 125 Å². The number of hydrogen-bond acceptors (Lipinski definition) is 4. The quantitative estimate of drug-likeness (QED) is 0.859. The lowest BCUT2D eigenvalue weighted by Crippen LogP contribution is -2.27. The molecule has 0 aromatic heterocycles. The molecule has 0 saturated carbocycles. The van der Waals surface area contributed by atoms with Crippen molar-refractivity contribution in [2.45, 2.75) is 19.2 Å². The summed E-state index contributed by atoms with van der Waals surface area (Å²) in [4.78, 5) is 11.7. The fourth-order valence-corrected chi connectivity index (χ4v) is 2.03. The van der Waals surface area contributed by atoms with E-state index in [1.807, 2.05) is 4.72 Å². The number of carbonyl (C=O) groups excluding carboxylic acids is 1. The Morgan fingerprint density at radius 3 is 2.32 bits per heavy atom. The second-order valence-corrected chi connectivity index (χ2v) is 6.25. The second kappa shape index (κ2) is 6.53. The summed E-state index contributed by atoms with van der Waals surface area (Å²) >= 11 is 0. The molecule has 0 aliphatic heterocycles. The maximum atomic E-state index is 12.7. The number of hydrogen-bond donors (Lipinski definition) is 2. The molecule has 0 spiro atoms. The normalized spacial score (nSPS) is 13.5. The van der Waals surface area contributed by atoms with Gasteiger partial charge in [-0.2, -0.15) is 13.2 Å². The zero-order valence-electron chi connectivity index (χ0n) is 12.0. The lowest BCUT2D eigenvalue weighted by Gasteiger charge is -2.16. The van der Waals surface area contributed by atoms with Crippen molar-refractivity contribution in [1.82, 2.24) is 0 Å². The lowest BCUT2D eigenvalue weighted by atomic mass is 10.1. The molecule has 1 amide bonds. The fraction of sp³-hybridized carbons (Fsp3) is 0.417. The second-order valence-electron chi connectivity index (χ2n) is 4.50. The number of rotatable bonds is 5. The van der Waals surface area contributed by atoms with E-state index in [2.05, 4.69) is 5.32 Å². The standard InChI is InChI=1S/C12H15F3N2O4S/c1-7(21-2)11(18)16-10-6-8(12(13,14)15)4-5-9(10)17-22(3,19)20/h4-7,17H,1-3H3,(H,16,18)/t7-/m1/s1. The zero-order chi connectivity index (χ0) is 17.1. The topological polar surface area (TPSA) is 84.5 Å². The largest absolute Gasteiger partial charge is 0.416 e. The third-order valence-corrected chi connectivity index (χ3v) is 3.21. The molecule has 0 saturated heterocycles. The molecule has 1 aromatic carbocycles. The van der Waals surface area contributed by atoms with Crippen LogP contribution in [0.2, 0.25) is 0 Å². The average Bonchev–Trinajstić information content (AvgIpc) is 2.36. The van der Waals surface area contributed by atoms with Crippen molar-refractivity contribution < 1.29 is 31.1 Å². The Morgan fingerprint density at radius 1 is 1.27 bits per heavy atom. The van der Waals surface area contributed by atoms with Crippen LogP contribution in [-0.2, 0) is 25.7 Å². The van der Waals surface area contributed by atoms with Gasteiger partial charge in [0.2, 0.25) is 10.0 Å². The Balaban J connectivity index is 3.25. The maximum absolute atomic E-state index is 12.7. The molecule has 0 aliphatic carbocycles. The molecule has 0 aliphatic rings. The van der Waals surface area contributed by atoms with E-state index in [0.717, 1.165) is 12.3 Å². The summed E-state index contributed by atoms with van der Waals surface area (Å²) in [5.41, 5.74) is -1.51. The molecule has 0 fully saturated rings. The van der Waals surface area contributed by atoms with Gasteiger partial charge in [0.1, 0.15) is 6.10 Å². The molecule has 2 N–H and O–H groups in total. The van der Waals surface area contributed by atoms with Crippen LogP contribution in [0.5, 0.6) is 0 Å². The monoisotopic (exact) mass is 340 g/mol. The van der Waals surface area contributed by atoms with Crippen molar-refractivity contribution in [3.63, 3.8) is 0 Å². The van der Waals surface area contributed by atoms with Gasteiger partial charge >= 0.3 is 6.18 Å². The van der Waals surface area contributed by atoms with Gasteiger partial charge in [0.25, 0.3) is 5.91 Å². The summed E-state index contributed by atoms with van der Waals surface area (Å²) in [6.45, 7) is 1.40. The molecular weight excluding hydrogens is 325 g/mol. The zero-order valence-corrected chi connectivity index (χ0v) is 12.8. The van der Waals surface area contributed by atoms with Crippen LogP contribution in [0.15, 0.2) is 18.2 Å². The number of halogens is 3. The number of anilines is 2. The first-order valence-electron chi connectivity index (χ1n) is 5.96. The van der Waals surface area contributed by atoms with Gasteiger partial charge in [-0.25, -0.2) is 8.42 Å². The van der Waals surface area contributed by atoms with Gasteiger partial charge in [0, 0.05) is 7.11 Å². The third kappa shape index (κ3) is 5.19. The van der Waals surface area contributed by atoms with Gasteiger partial charge in [-0.3, -0.25) is 9.52 Å². The highest BCUT2D eigenvalue weighted by Gasteiger charge is 2.31. The van der Waals surface area contributed by atoms with E-state index in [9.17, 15) is 26.4 Å². The Kier molecular flexibility index (Phi) is 5.41. The molecule has 0 heterocycles. The van der Waals surface area contributed by atoms with Crippen molar-refractivity contribution in [2.75, 3.05) is 23.4 Å². The van der Waals surface area contributed by atoms with E-state index in [-0.39, 0.29) is 11.4 Å². The van der Waals surface area contributed by atoms with Crippen LogP contribution in [0.4, 0.5) is 24.5 Å². The highest BCUT2D eigenvalue weighted by Crippen LogP contribution is 2.34. The van der Waals surface area contributed by atoms with E-state index >= 15 is 0 Å². The van der Waals surface area contributed by atoms with Gasteiger partial charge in [-0.1, -0.05) is 0 Å². The number of nitrogens with one attached hydrogen (secondary N) is 2. The molecule has 6 nitrogen and oxygen atoms in total. The minimum atomic E-state index is -4.63. The molecule has 1 aromatic rings. The molecule has 124 valence electrons. The Morgan fingerprint density at radius 2 is 1.86 bits per heavy atom. The minimum Gasteiger partial charge on any atom is -0.372 e. The van der Waals surface area contributed by atoms with Gasteiger partial charge < -0.3 is 10.1 Å². The first-order valence-corrected chi connectivity index (χ1v) is 7.86. The number of ether oxygens (including phenoxy) is 1. The molecule has 1 rings (SSSR count). The predicted molar refractivity (Wildman–Crippen MR) is 75.0 cm³/mol. The van der Waals surface area contributed by atoms with E-state index in [1.165, 1.54) is 14.0 Å². The summed E-state index contributed by atoms with van der Waals surface area (Å²) in [6.07, 6.45) is -4.70. The predicted octanol–water partition coefficient (Wildman–Crippen LogP) is 2.05. The van der Waals surface area contributed by atoms with Crippen molar-refractivity contribution in [3.05, 3.63) is 23.8 Å². The van der Waals surface area contributed by atoms with E-state index < -0.39 is 33.8 Å². The minimum absolute atomic E-state index is 0.174. The number of benzene rings is 1. The van der Waals surface area contributed by atoms with Crippen LogP contribution in [0.25, 0.3) is 0 Å². The van der Waals surface area contributed by atoms with E-state index in [0.29, 0.717) is 12.1 Å². The summed E-state index contributed by atoms with van der Waals surface area (Å²) in [5, 5.41) is 2.21. The van der Waals surface area contributed by atoms with Gasteiger partial charge in [0.15, 0.2) is 0 Å². The molecule has 22 heavy (non-hydrogen) atoms. The van der Waals surface area contributed by atoms with Gasteiger partial charge in [-0.05, 0) is 25.1 Å². The van der Waals surface area contributed by atoms with Crippen LogP contribution in [-0.4, -0.2) is 33.8 Å². The molecule has 0 radical (unpaired) electrons. The molecule has 0 unspecified atom stereocenters. The highest BCUT2D eigenvalue weighted by atomic mass is 32.2. The highest BCUT2D eigenvalue weighted by molar-refractivity contribution is 7.92.